The normalized spacial score (nSPS) is 26.1. The first-order chi connectivity index (χ1) is 9.49. The smallest absolute Gasteiger partial charge is 0.332 e. The molecule has 1 aromatic heterocycles. The molecular formula is C13H20N2O5. The van der Waals surface area contributed by atoms with Crippen LogP contribution >= 0.6 is 0 Å². The van der Waals surface area contributed by atoms with E-state index in [0.29, 0.717) is 18.6 Å². The minimum absolute atomic E-state index is 0.135. The molecule has 1 aliphatic heterocycles. The summed E-state index contributed by atoms with van der Waals surface area (Å²) < 4.78 is 18.8. The molecule has 0 bridgehead atoms. The molecule has 0 unspecified atom stereocenters. The molecule has 2 rings (SSSR count). The van der Waals surface area contributed by atoms with E-state index in [1.807, 2.05) is 0 Å². The fourth-order valence-corrected chi connectivity index (χ4v) is 2.48. The lowest BCUT2D eigenvalue weighted by molar-refractivity contribution is -0.0621. The molecule has 1 aromatic rings. The fraction of sp³-hybridized carbons (Fsp3) is 0.692. The van der Waals surface area contributed by atoms with Crippen molar-refractivity contribution in [2.45, 2.75) is 31.8 Å². The first-order valence-electron chi connectivity index (χ1n) is 6.45. The topological polar surface area (TPSA) is 71.7 Å². The summed E-state index contributed by atoms with van der Waals surface area (Å²) >= 11 is 0. The second-order valence-electron chi connectivity index (χ2n) is 4.96. The summed E-state index contributed by atoms with van der Waals surface area (Å²) in [5.41, 5.74) is -0.181. The Balaban J connectivity index is 2.34. The van der Waals surface area contributed by atoms with Crippen LogP contribution in [0.3, 0.4) is 0 Å². The fourth-order valence-electron chi connectivity index (χ4n) is 2.48. The van der Waals surface area contributed by atoms with Crippen molar-refractivity contribution in [3.8, 4) is 0 Å². The van der Waals surface area contributed by atoms with Gasteiger partial charge in [0.15, 0.2) is 0 Å². The van der Waals surface area contributed by atoms with E-state index in [1.54, 1.807) is 21.1 Å². The van der Waals surface area contributed by atoms with Gasteiger partial charge in [-0.25, -0.2) is 4.79 Å². The molecule has 3 atom stereocenters. The maximum atomic E-state index is 12.2. The van der Waals surface area contributed by atoms with Crippen LogP contribution in [0.1, 0.15) is 18.2 Å². The van der Waals surface area contributed by atoms with Crippen LogP contribution in [0.15, 0.2) is 15.8 Å². The first-order valence-corrected chi connectivity index (χ1v) is 6.45. The predicted molar refractivity (Wildman–Crippen MR) is 71.9 cm³/mol. The summed E-state index contributed by atoms with van der Waals surface area (Å²) in [7, 11) is 4.66. The van der Waals surface area contributed by atoms with E-state index in [4.69, 9.17) is 14.2 Å². The zero-order valence-corrected chi connectivity index (χ0v) is 12.2. The van der Waals surface area contributed by atoms with Gasteiger partial charge in [-0.3, -0.25) is 13.9 Å². The second-order valence-corrected chi connectivity index (χ2v) is 4.96. The minimum atomic E-state index is -0.446. The molecule has 1 saturated heterocycles. The summed E-state index contributed by atoms with van der Waals surface area (Å²) in [5, 5.41) is 0. The lowest BCUT2D eigenvalue weighted by Crippen LogP contribution is -2.40. The Kier molecular flexibility index (Phi) is 4.42. The molecule has 112 valence electrons. The molecule has 0 spiro atoms. The van der Waals surface area contributed by atoms with Gasteiger partial charge in [-0.15, -0.1) is 0 Å². The summed E-state index contributed by atoms with van der Waals surface area (Å²) in [6, 6.07) is 0. The standard InChI is InChI=1S/C13H20N2O5/c1-8-6-15(13(17)14(2)12(8)16)11-5-9(19-4)10(20-11)7-18-3/h6,9-11H,5,7H2,1-4H3/t9-,10+,11+/m1/s1. The van der Waals surface area contributed by atoms with Crippen molar-refractivity contribution in [3.05, 3.63) is 32.6 Å². The third-order valence-corrected chi connectivity index (χ3v) is 3.61. The van der Waals surface area contributed by atoms with Gasteiger partial charge in [0.25, 0.3) is 5.56 Å². The van der Waals surface area contributed by atoms with Crippen LogP contribution < -0.4 is 11.2 Å². The van der Waals surface area contributed by atoms with E-state index >= 15 is 0 Å². The highest BCUT2D eigenvalue weighted by Crippen LogP contribution is 2.29. The van der Waals surface area contributed by atoms with Crippen LogP contribution in [0.2, 0.25) is 0 Å². The molecular weight excluding hydrogens is 264 g/mol. The molecule has 0 saturated carbocycles. The van der Waals surface area contributed by atoms with Crippen LogP contribution in [0.5, 0.6) is 0 Å². The molecule has 7 heteroatoms. The SMILES string of the molecule is COC[C@@H]1O[C@H](n2cc(C)c(=O)n(C)c2=O)C[C@H]1OC. The van der Waals surface area contributed by atoms with Crippen molar-refractivity contribution in [2.75, 3.05) is 20.8 Å². The highest BCUT2D eigenvalue weighted by atomic mass is 16.6. The number of hydrogen-bond donors (Lipinski definition) is 0. The van der Waals surface area contributed by atoms with Gasteiger partial charge < -0.3 is 14.2 Å². The van der Waals surface area contributed by atoms with Crippen LogP contribution in [-0.4, -0.2) is 42.2 Å². The van der Waals surface area contributed by atoms with Crippen LogP contribution in [0.4, 0.5) is 0 Å². The number of aromatic nitrogens is 2. The van der Waals surface area contributed by atoms with Crippen molar-refractivity contribution in [3.63, 3.8) is 0 Å². The third kappa shape index (κ3) is 2.56. The van der Waals surface area contributed by atoms with Gasteiger partial charge in [-0.05, 0) is 6.92 Å². The van der Waals surface area contributed by atoms with E-state index in [1.165, 1.54) is 17.8 Å². The average molecular weight is 284 g/mol. The average Bonchev–Trinajstić information content (AvgIpc) is 2.84. The number of hydrogen-bond acceptors (Lipinski definition) is 5. The van der Waals surface area contributed by atoms with E-state index in [9.17, 15) is 9.59 Å². The van der Waals surface area contributed by atoms with E-state index in [0.717, 1.165) is 4.57 Å². The van der Waals surface area contributed by atoms with Gasteiger partial charge in [-0.1, -0.05) is 0 Å². The highest BCUT2D eigenvalue weighted by molar-refractivity contribution is 5.03. The Hall–Kier alpha value is -1.44. The summed E-state index contributed by atoms with van der Waals surface area (Å²) in [4.78, 5) is 23.9. The van der Waals surface area contributed by atoms with Gasteiger partial charge in [-0.2, -0.15) is 0 Å². The van der Waals surface area contributed by atoms with Gasteiger partial charge >= 0.3 is 5.69 Å². The number of rotatable bonds is 4. The van der Waals surface area contributed by atoms with Crippen molar-refractivity contribution in [2.24, 2.45) is 7.05 Å². The van der Waals surface area contributed by atoms with Crippen molar-refractivity contribution >= 4 is 0 Å². The quantitative estimate of drug-likeness (QED) is 0.766. The number of aryl methyl sites for hydroxylation is 1. The summed E-state index contributed by atoms with van der Waals surface area (Å²) in [5.74, 6) is 0. The largest absolute Gasteiger partial charge is 0.382 e. The Morgan fingerprint density at radius 3 is 2.70 bits per heavy atom. The number of ether oxygens (including phenoxy) is 3. The third-order valence-electron chi connectivity index (χ3n) is 3.61. The minimum Gasteiger partial charge on any atom is -0.382 e. The van der Waals surface area contributed by atoms with E-state index < -0.39 is 11.9 Å². The summed E-state index contributed by atoms with van der Waals surface area (Å²) in [6.07, 6.45) is 1.28. The molecule has 0 aliphatic carbocycles. The molecule has 1 aliphatic rings. The van der Waals surface area contributed by atoms with E-state index in [-0.39, 0.29) is 17.8 Å². The Bertz CT molecular complexity index is 591. The van der Waals surface area contributed by atoms with Crippen molar-refractivity contribution < 1.29 is 14.2 Å². The predicted octanol–water partition coefficient (Wildman–Crippen LogP) is -0.196. The zero-order valence-electron chi connectivity index (χ0n) is 12.2. The van der Waals surface area contributed by atoms with Crippen LogP contribution in [-0.2, 0) is 21.3 Å². The number of methoxy groups -OCH3 is 2. The van der Waals surface area contributed by atoms with Crippen LogP contribution in [0, 0.1) is 6.92 Å². The number of nitrogens with zero attached hydrogens (tertiary/aromatic N) is 2. The lowest BCUT2D eigenvalue weighted by Gasteiger charge is -2.17. The molecule has 7 nitrogen and oxygen atoms in total. The molecule has 0 amide bonds. The molecule has 2 heterocycles. The lowest BCUT2D eigenvalue weighted by atomic mass is 10.2. The molecule has 0 N–H and O–H groups in total. The Morgan fingerprint density at radius 2 is 2.10 bits per heavy atom. The highest BCUT2D eigenvalue weighted by Gasteiger charge is 2.37. The van der Waals surface area contributed by atoms with Gasteiger partial charge in [0, 0.05) is 39.4 Å². The monoisotopic (exact) mass is 284 g/mol. The maximum Gasteiger partial charge on any atom is 0.332 e. The first kappa shape index (κ1) is 15.0. The maximum absolute atomic E-state index is 12.2. The van der Waals surface area contributed by atoms with Crippen molar-refractivity contribution in [1.29, 1.82) is 0 Å². The molecule has 0 aromatic carbocycles. The molecule has 20 heavy (non-hydrogen) atoms. The Labute approximate surface area is 116 Å². The van der Waals surface area contributed by atoms with Gasteiger partial charge in [0.2, 0.25) is 0 Å². The Morgan fingerprint density at radius 1 is 1.40 bits per heavy atom. The van der Waals surface area contributed by atoms with Crippen LogP contribution in [0.25, 0.3) is 0 Å². The summed E-state index contributed by atoms with van der Waals surface area (Å²) in [6.45, 7) is 2.07. The molecule has 0 radical (unpaired) electrons. The van der Waals surface area contributed by atoms with Gasteiger partial charge in [0.05, 0.1) is 12.7 Å². The zero-order chi connectivity index (χ0) is 14.9. The van der Waals surface area contributed by atoms with Gasteiger partial charge in [0.1, 0.15) is 12.3 Å². The van der Waals surface area contributed by atoms with Crippen molar-refractivity contribution in [1.82, 2.24) is 9.13 Å². The molecule has 1 fully saturated rings. The second kappa shape index (κ2) is 5.90. The van der Waals surface area contributed by atoms with E-state index in [2.05, 4.69) is 0 Å².